The Kier molecular flexibility index (Phi) is 5.47. The molecule has 0 spiro atoms. The van der Waals surface area contributed by atoms with Crippen LogP contribution in [0.3, 0.4) is 0 Å². The first kappa shape index (κ1) is 15.1. The quantitative estimate of drug-likeness (QED) is 0.767. The van der Waals surface area contributed by atoms with Gasteiger partial charge in [-0.1, -0.05) is 12.1 Å². The van der Waals surface area contributed by atoms with E-state index >= 15 is 0 Å². The van der Waals surface area contributed by atoms with Crippen LogP contribution >= 0.6 is 0 Å². The average molecular weight is 268 g/mol. The van der Waals surface area contributed by atoms with Crippen molar-refractivity contribution in [1.82, 2.24) is 20.3 Å². The summed E-state index contributed by atoms with van der Waals surface area (Å²) >= 11 is 0. The third-order valence-electron chi connectivity index (χ3n) is 2.76. The lowest BCUT2D eigenvalue weighted by Crippen LogP contribution is -2.35. The van der Waals surface area contributed by atoms with E-state index in [4.69, 9.17) is 4.74 Å². The molecule has 1 rings (SSSR count). The van der Waals surface area contributed by atoms with E-state index in [-0.39, 0.29) is 30.8 Å². The van der Waals surface area contributed by atoms with Crippen molar-refractivity contribution in [3.63, 3.8) is 0 Å². The molecule has 19 heavy (non-hydrogen) atoms. The Morgan fingerprint density at radius 3 is 2.68 bits per heavy atom. The number of hydrogen-bond acceptors (Lipinski definition) is 5. The number of esters is 1. The zero-order valence-corrected chi connectivity index (χ0v) is 11.8. The van der Waals surface area contributed by atoms with Crippen LogP contribution in [0.4, 0.5) is 0 Å². The molecule has 1 atom stereocenters. The fourth-order valence-electron chi connectivity index (χ4n) is 1.46. The zero-order chi connectivity index (χ0) is 14.4. The van der Waals surface area contributed by atoms with Crippen molar-refractivity contribution >= 4 is 11.9 Å². The van der Waals surface area contributed by atoms with Crippen LogP contribution in [0.25, 0.3) is 0 Å². The Bertz CT molecular complexity index is 456. The van der Waals surface area contributed by atoms with Crippen LogP contribution in [-0.2, 0) is 16.1 Å². The number of nitrogens with one attached hydrogen (secondary N) is 1. The van der Waals surface area contributed by atoms with Crippen molar-refractivity contribution in [2.75, 3.05) is 6.61 Å². The summed E-state index contributed by atoms with van der Waals surface area (Å²) in [5, 5.41) is 10.4. The third kappa shape index (κ3) is 4.04. The van der Waals surface area contributed by atoms with E-state index < -0.39 is 5.97 Å². The maximum Gasteiger partial charge on any atom is 0.360 e. The molecule has 0 aliphatic rings. The first-order chi connectivity index (χ1) is 8.99. The lowest BCUT2D eigenvalue weighted by molar-refractivity contribution is -0.122. The van der Waals surface area contributed by atoms with Crippen molar-refractivity contribution in [3.05, 3.63) is 11.4 Å². The summed E-state index contributed by atoms with van der Waals surface area (Å²) in [5.41, 5.74) is 0.677. The van der Waals surface area contributed by atoms with Crippen molar-refractivity contribution in [1.29, 1.82) is 0 Å². The van der Waals surface area contributed by atoms with E-state index in [9.17, 15) is 9.59 Å². The fourth-order valence-corrected chi connectivity index (χ4v) is 1.46. The van der Waals surface area contributed by atoms with Gasteiger partial charge in [0.25, 0.3) is 0 Å². The molecule has 7 heteroatoms. The number of carbonyl (C=O) groups excluding carboxylic acids is 2. The van der Waals surface area contributed by atoms with Crippen LogP contribution in [0.5, 0.6) is 0 Å². The molecular formula is C12H20N4O3. The predicted molar refractivity (Wildman–Crippen MR) is 68.6 cm³/mol. The molecule has 1 unspecified atom stereocenters. The molecule has 1 amide bonds. The first-order valence-electron chi connectivity index (χ1n) is 6.36. The molecule has 7 nitrogen and oxygen atoms in total. The maximum atomic E-state index is 11.7. The van der Waals surface area contributed by atoms with Crippen LogP contribution in [-0.4, -0.2) is 39.5 Å². The Morgan fingerprint density at radius 2 is 2.11 bits per heavy atom. The minimum atomic E-state index is -0.520. The van der Waals surface area contributed by atoms with Gasteiger partial charge in [-0.25, -0.2) is 9.48 Å². The summed E-state index contributed by atoms with van der Waals surface area (Å²) in [4.78, 5) is 23.3. The zero-order valence-electron chi connectivity index (χ0n) is 11.8. The molecule has 0 saturated heterocycles. The van der Waals surface area contributed by atoms with Gasteiger partial charge in [-0.05, 0) is 27.2 Å². The van der Waals surface area contributed by atoms with E-state index in [1.54, 1.807) is 13.8 Å². The minimum Gasteiger partial charge on any atom is -0.461 e. The molecule has 1 aromatic heterocycles. The van der Waals surface area contributed by atoms with Crippen molar-refractivity contribution < 1.29 is 14.3 Å². The maximum absolute atomic E-state index is 11.7. The molecule has 0 aliphatic heterocycles. The molecule has 0 aliphatic carbocycles. The lowest BCUT2D eigenvalue weighted by atomic mass is 10.2. The summed E-state index contributed by atoms with van der Waals surface area (Å²) in [6.45, 7) is 7.64. The molecular weight excluding hydrogens is 248 g/mol. The van der Waals surface area contributed by atoms with Crippen molar-refractivity contribution in [3.8, 4) is 0 Å². The largest absolute Gasteiger partial charge is 0.461 e. The van der Waals surface area contributed by atoms with E-state index in [1.807, 2.05) is 13.8 Å². The highest BCUT2D eigenvalue weighted by molar-refractivity contribution is 5.88. The monoisotopic (exact) mass is 268 g/mol. The van der Waals surface area contributed by atoms with Gasteiger partial charge in [0.2, 0.25) is 5.91 Å². The van der Waals surface area contributed by atoms with E-state index in [0.29, 0.717) is 5.69 Å². The standard InChI is InChI=1S/C12H20N4O3/c1-5-8(3)13-10(17)7-16-9(4)11(14-15-16)12(18)19-6-2/h8H,5-7H2,1-4H3,(H,13,17). The van der Waals surface area contributed by atoms with E-state index in [1.165, 1.54) is 4.68 Å². The molecule has 0 radical (unpaired) electrons. The van der Waals surface area contributed by atoms with Gasteiger partial charge in [0.1, 0.15) is 6.54 Å². The van der Waals surface area contributed by atoms with Crippen LogP contribution in [0.1, 0.15) is 43.4 Å². The van der Waals surface area contributed by atoms with E-state index in [0.717, 1.165) is 6.42 Å². The Hall–Kier alpha value is -1.92. The van der Waals surface area contributed by atoms with Gasteiger partial charge in [0.15, 0.2) is 5.69 Å². The Morgan fingerprint density at radius 1 is 1.42 bits per heavy atom. The van der Waals surface area contributed by atoms with Gasteiger partial charge in [0.05, 0.1) is 12.3 Å². The second-order valence-corrected chi connectivity index (χ2v) is 4.28. The molecule has 0 fully saturated rings. The second-order valence-electron chi connectivity index (χ2n) is 4.28. The smallest absolute Gasteiger partial charge is 0.360 e. The highest BCUT2D eigenvalue weighted by Gasteiger charge is 2.18. The van der Waals surface area contributed by atoms with Gasteiger partial charge in [-0.15, -0.1) is 5.10 Å². The van der Waals surface area contributed by atoms with Crippen molar-refractivity contribution in [2.24, 2.45) is 0 Å². The van der Waals surface area contributed by atoms with Crippen LogP contribution in [0.15, 0.2) is 0 Å². The SMILES string of the molecule is CCOC(=O)c1nnn(CC(=O)NC(C)CC)c1C. The normalized spacial score (nSPS) is 12.0. The predicted octanol–water partition coefficient (Wildman–Crippen LogP) is 0.678. The molecule has 1 N–H and O–H groups in total. The third-order valence-corrected chi connectivity index (χ3v) is 2.76. The van der Waals surface area contributed by atoms with Gasteiger partial charge >= 0.3 is 5.97 Å². The number of hydrogen-bond donors (Lipinski definition) is 1. The number of ether oxygens (including phenoxy) is 1. The number of amides is 1. The number of nitrogens with zero attached hydrogens (tertiary/aromatic N) is 3. The van der Waals surface area contributed by atoms with Crippen LogP contribution < -0.4 is 5.32 Å². The molecule has 0 saturated carbocycles. The first-order valence-corrected chi connectivity index (χ1v) is 6.36. The molecule has 106 valence electrons. The highest BCUT2D eigenvalue weighted by atomic mass is 16.5. The topological polar surface area (TPSA) is 86.1 Å². The number of carbonyl (C=O) groups is 2. The number of rotatable bonds is 6. The summed E-state index contributed by atoms with van der Waals surface area (Å²) in [6.07, 6.45) is 0.857. The minimum absolute atomic E-state index is 0.0442. The fraction of sp³-hybridized carbons (Fsp3) is 0.667. The van der Waals surface area contributed by atoms with Crippen LogP contribution in [0.2, 0.25) is 0 Å². The summed E-state index contributed by atoms with van der Waals surface area (Å²) in [6, 6.07) is 0.112. The van der Waals surface area contributed by atoms with Crippen molar-refractivity contribution in [2.45, 2.75) is 46.7 Å². The van der Waals surface area contributed by atoms with Crippen LogP contribution in [0, 0.1) is 6.92 Å². The second kappa shape index (κ2) is 6.86. The Balaban J connectivity index is 2.70. The molecule has 0 bridgehead atoms. The summed E-state index contributed by atoms with van der Waals surface area (Å²) in [5.74, 6) is -0.675. The van der Waals surface area contributed by atoms with Gasteiger partial charge in [0, 0.05) is 6.04 Å². The lowest BCUT2D eigenvalue weighted by Gasteiger charge is -2.11. The van der Waals surface area contributed by atoms with E-state index in [2.05, 4.69) is 15.6 Å². The molecule has 1 heterocycles. The average Bonchev–Trinajstić information content (AvgIpc) is 2.71. The van der Waals surface area contributed by atoms with Gasteiger partial charge < -0.3 is 10.1 Å². The molecule has 0 aromatic carbocycles. The summed E-state index contributed by atoms with van der Waals surface area (Å²) < 4.78 is 6.25. The number of aromatic nitrogens is 3. The van der Waals surface area contributed by atoms with Gasteiger partial charge in [-0.3, -0.25) is 4.79 Å². The molecule has 1 aromatic rings. The summed E-state index contributed by atoms with van der Waals surface area (Å²) in [7, 11) is 0. The Labute approximate surface area is 112 Å². The highest BCUT2D eigenvalue weighted by Crippen LogP contribution is 2.05. The van der Waals surface area contributed by atoms with Gasteiger partial charge in [-0.2, -0.15) is 0 Å².